The number of rotatable bonds is 3. The molecule has 1 fully saturated rings. The van der Waals surface area contributed by atoms with E-state index in [9.17, 15) is 4.79 Å². The van der Waals surface area contributed by atoms with Gasteiger partial charge in [0, 0.05) is 46.6 Å². The second-order valence-electron chi connectivity index (χ2n) is 6.25. The summed E-state index contributed by atoms with van der Waals surface area (Å²) in [4.78, 5) is 16.5. The highest BCUT2D eigenvalue weighted by atomic mass is 35.5. The third kappa shape index (κ3) is 3.22. The molecule has 2 aromatic heterocycles. The first-order valence-electron chi connectivity index (χ1n) is 7.78. The number of carbonyl (C=O) groups excluding carboxylic acids is 1. The minimum absolute atomic E-state index is 0.0484. The molecule has 1 saturated heterocycles. The summed E-state index contributed by atoms with van der Waals surface area (Å²) >= 11 is 5.97. The molecule has 7 heteroatoms. The number of piperidine rings is 1. The number of aryl methyl sites for hydroxylation is 1. The Hall–Kier alpha value is -1.95. The van der Waals surface area contributed by atoms with Gasteiger partial charge in [0.15, 0.2) is 0 Å². The van der Waals surface area contributed by atoms with Crippen molar-refractivity contribution in [2.45, 2.75) is 18.9 Å². The van der Waals surface area contributed by atoms with Crippen molar-refractivity contribution in [2.75, 3.05) is 32.1 Å². The quantitative estimate of drug-likeness (QED) is 0.865. The normalized spacial score (nSPS) is 15.9. The van der Waals surface area contributed by atoms with Gasteiger partial charge in [-0.15, -0.1) is 0 Å². The van der Waals surface area contributed by atoms with Crippen LogP contribution in [-0.4, -0.2) is 52.3 Å². The lowest BCUT2D eigenvalue weighted by Crippen LogP contribution is -2.39. The van der Waals surface area contributed by atoms with Crippen LogP contribution in [0.25, 0.3) is 0 Å². The van der Waals surface area contributed by atoms with Crippen LogP contribution in [-0.2, 0) is 7.05 Å². The third-order valence-corrected chi connectivity index (χ3v) is 4.63. The fraction of sp³-hybridized carbons (Fsp3) is 0.500. The second kappa shape index (κ2) is 6.28. The maximum Gasteiger partial charge on any atom is 0.270 e. The Morgan fingerprint density at radius 3 is 2.52 bits per heavy atom. The lowest BCUT2D eigenvalue weighted by molar-refractivity contribution is 0.0680. The van der Waals surface area contributed by atoms with Crippen LogP contribution >= 0.6 is 11.6 Å². The lowest BCUT2D eigenvalue weighted by Gasteiger charge is -2.32. The molecule has 1 aliphatic heterocycles. The zero-order valence-electron chi connectivity index (χ0n) is 13.7. The van der Waals surface area contributed by atoms with E-state index in [1.807, 2.05) is 41.8 Å². The van der Waals surface area contributed by atoms with Gasteiger partial charge in [-0.05, 0) is 18.9 Å². The highest BCUT2D eigenvalue weighted by molar-refractivity contribution is 6.31. The van der Waals surface area contributed by atoms with Gasteiger partial charge in [0.05, 0.1) is 22.9 Å². The van der Waals surface area contributed by atoms with Gasteiger partial charge in [-0.1, -0.05) is 11.6 Å². The van der Waals surface area contributed by atoms with Gasteiger partial charge in [-0.25, -0.2) is 0 Å². The smallest absolute Gasteiger partial charge is 0.270 e. The van der Waals surface area contributed by atoms with Crippen LogP contribution in [0.15, 0.2) is 24.7 Å². The molecule has 0 spiro atoms. The molecule has 0 radical (unpaired) electrons. The number of hydrogen-bond donors (Lipinski definition) is 0. The van der Waals surface area contributed by atoms with Crippen LogP contribution in [0.3, 0.4) is 0 Å². The van der Waals surface area contributed by atoms with E-state index >= 15 is 0 Å². The van der Waals surface area contributed by atoms with Gasteiger partial charge in [-0.2, -0.15) is 5.10 Å². The molecule has 0 bridgehead atoms. The number of carbonyl (C=O) groups is 1. The average molecular weight is 336 g/mol. The largest absolute Gasteiger partial charge is 0.375 e. The first-order chi connectivity index (χ1) is 11.0. The van der Waals surface area contributed by atoms with Gasteiger partial charge in [0.2, 0.25) is 0 Å². The number of halogens is 1. The molecule has 2 aromatic rings. The molecule has 0 atom stereocenters. The maximum atomic E-state index is 12.6. The highest BCUT2D eigenvalue weighted by Crippen LogP contribution is 2.25. The summed E-state index contributed by atoms with van der Waals surface area (Å²) in [6, 6.07) is 2.08. The van der Waals surface area contributed by atoms with E-state index in [0.717, 1.165) is 31.6 Å². The number of amides is 1. The summed E-state index contributed by atoms with van der Waals surface area (Å²) in [6.45, 7) is 1.48. The predicted molar refractivity (Wildman–Crippen MR) is 91.2 cm³/mol. The molecule has 6 nitrogen and oxygen atoms in total. The monoisotopic (exact) mass is 335 g/mol. The fourth-order valence-corrected chi connectivity index (χ4v) is 3.24. The summed E-state index contributed by atoms with van der Waals surface area (Å²) in [5.74, 6) is 0.0484. The molecule has 1 aliphatic rings. The van der Waals surface area contributed by atoms with Crippen LogP contribution in [0.5, 0.6) is 0 Å². The van der Waals surface area contributed by atoms with E-state index in [-0.39, 0.29) is 5.91 Å². The van der Waals surface area contributed by atoms with E-state index < -0.39 is 0 Å². The van der Waals surface area contributed by atoms with Crippen LogP contribution in [0.2, 0.25) is 5.02 Å². The third-order valence-electron chi connectivity index (χ3n) is 4.42. The van der Waals surface area contributed by atoms with E-state index in [1.165, 1.54) is 0 Å². The van der Waals surface area contributed by atoms with Crippen LogP contribution in [0.4, 0.5) is 5.69 Å². The summed E-state index contributed by atoms with van der Waals surface area (Å²) in [5.41, 5.74) is 1.74. The van der Waals surface area contributed by atoms with Crippen LogP contribution in [0, 0.1) is 0 Å². The number of aromatic nitrogens is 3. The SMILES string of the molecule is CN(C)c1cnn(C2CCN(C(=O)c3cc(Cl)cn3C)CC2)c1. The summed E-state index contributed by atoms with van der Waals surface area (Å²) < 4.78 is 3.81. The molecule has 1 amide bonds. The topological polar surface area (TPSA) is 46.3 Å². The lowest BCUT2D eigenvalue weighted by atomic mass is 10.0. The van der Waals surface area contributed by atoms with E-state index in [4.69, 9.17) is 11.6 Å². The van der Waals surface area contributed by atoms with Crippen molar-refractivity contribution in [1.29, 1.82) is 0 Å². The second-order valence-corrected chi connectivity index (χ2v) is 6.69. The Labute approximate surface area is 141 Å². The van der Waals surface area contributed by atoms with E-state index in [2.05, 4.69) is 11.3 Å². The molecule has 0 aliphatic carbocycles. The Balaban J connectivity index is 1.63. The van der Waals surface area contributed by atoms with Crippen molar-refractivity contribution in [3.05, 3.63) is 35.4 Å². The van der Waals surface area contributed by atoms with Gasteiger partial charge < -0.3 is 14.4 Å². The first kappa shape index (κ1) is 15.9. The van der Waals surface area contributed by atoms with E-state index in [0.29, 0.717) is 16.8 Å². The van der Waals surface area contributed by atoms with Gasteiger partial charge in [0.1, 0.15) is 5.69 Å². The van der Waals surface area contributed by atoms with Crippen molar-refractivity contribution in [3.63, 3.8) is 0 Å². The fourth-order valence-electron chi connectivity index (χ4n) is 2.99. The van der Waals surface area contributed by atoms with Crippen LogP contribution < -0.4 is 4.90 Å². The molecule has 124 valence electrons. The molecule has 0 N–H and O–H groups in total. The Morgan fingerprint density at radius 2 is 2.00 bits per heavy atom. The van der Waals surface area contributed by atoms with Crippen molar-refractivity contribution in [1.82, 2.24) is 19.2 Å². The Bertz CT molecular complexity index is 697. The number of hydrogen-bond acceptors (Lipinski definition) is 3. The van der Waals surface area contributed by atoms with Crippen molar-refractivity contribution >= 4 is 23.2 Å². The molecule has 0 unspecified atom stereocenters. The zero-order valence-corrected chi connectivity index (χ0v) is 14.5. The number of nitrogens with zero attached hydrogens (tertiary/aromatic N) is 5. The Kier molecular flexibility index (Phi) is 4.35. The molecule has 3 heterocycles. The average Bonchev–Trinajstić information content (AvgIpc) is 3.13. The predicted octanol–water partition coefficient (Wildman–Crippen LogP) is 2.42. The van der Waals surface area contributed by atoms with Gasteiger partial charge >= 0.3 is 0 Å². The number of likely N-dealkylation sites (tertiary alicyclic amines) is 1. The molecular weight excluding hydrogens is 314 g/mol. The summed E-state index contributed by atoms with van der Waals surface area (Å²) in [7, 11) is 5.86. The van der Waals surface area contributed by atoms with Gasteiger partial charge in [0.25, 0.3) is 5.91 Å². The van der Waals surface area contributed by atoms with Crippen molar-refractivity contribution < 1.29 is 4.79 Å². The molecule has 0 saturated carbocycles. The van der Waals surface area contributed by atoms with E-state index in [1.54, 1.807) is 16.8 Å². The van der Waals surface area contributed by atoms with Crippen molar-refractivity contribution in [2.24, 2.45) is 7.05 Å². The minimum atomic E-state index is 0.0484. The molecule has 3 rings (SSSR count). The molecule has 23 heavy (non-hydrogen) atoms. The standard InChI is InChI=1S/C16H22ClN5O/c1-19(2)14-9-18-22(11-14)13-4-6-21(7-5-13)16(23)15-8-12(17)10-20(15)3/h8-11,13H,4-7H2,1-3H3. The summed E-state index contributed by atoms with van der Waals surface area (Å²) in [5, 5.41) is 5.05. The van der Waals surface area contributed by atoms with Gasteiger partial charge in [-0.3, -0.25) is 9.48 Å². The maximum absolute atomic E-state index is 12.6. The highest BCUT2D eigenvalue weighted by Gasteiger charge is 2.26. The Morgan fingerprint density at radius 1 is 1.30 bits per heavy atom. The first-order valence-corrected chi connectivity index (χ1v) is 8.16. The van der Waals surface area contributed by atoms with Crippen molar-refractivity contribution in [3.8, 4) is 0 Å². The minimum Gasteiger partial charge on any atom is -0.375 e. The molecular formula is C16H22ClN5O. The zero-order chi connectivity index (χ0) is 16.6. The number of anilines is 1. The van der Waals surface area contributed by atoms with Crippen LogP contribution in [0.1, 0.15) is 29.4 Å². The summed E-state index contributed by atoms with van der Waals surface area (Å²) in [6.07, 6.45) is 7.54. The molecule has 0 aromatic carbocycles.